The van der Waals surface area contributed by atoms with Crippen LogP contribution in [0.15, 0.2) is 12.7 Å². The molecule has 13 heavy (non-hydrogen) atoms. The predicted octanol–water partition coefficient (Wildman–Crippen LogP) is -0.152. The fraction of sp³-hybridized carbons (Fsp3) is 0.375. The predicted molar refractivity (Wildman–Crippen MR) is 42.8 cm³/mol. The second-order valence-corrected chi connectivity index (χ2v) is 1.96. The highest BCUT2D eigenvalue weighted by Gasteiger charge is 2.01. The molecule has 0 saturated carbocycles. The van der Waals surface area contributed by atoms with E-state index < -0.39 is 11.9 Å². The van der Waals surface area contributed by atoms with Crippen LogP contribution in [-0.2, 0) is 23.9 Å². The van der Waals surface area contributed by atoms with Crippen molar-refractivity contribution < 1.29 is 23.9 Å². The van der Waals surface area contributed by atoms with Crippen molar-refractivity contribution in [2.75, 3.05) is 13.2 Å². The van der Waals surface area contributed by atoms with Gasteiger partial charge >= 0.3 is 11.9 Å². The third-order valence-electron chi connectivity index (χ3n) is 1.01. The first-order valence-electron chi connectivity index (χ1n) is 3.59. The molecule has 0 radical (unpaired) electrons. The van der Waals surface area contributed by atoms with Crippen LogP contribution < -0.4 is 0 Å². The van der Waals surface area contributed by atoms with Crippen molar-refractivity contribution in [1.29, 1.82) is 0 Å². The minimum absolute atomic E-state index is 0.0323. The summed E-state index contributed by atoms with van der Waals surface area (Å²) in [6.45, 7) is 3.09. The smallest absolute Gasteiger partial charge is 0.330 e. The van der Waals surface area contributed by atoms with Crippen LogP contribution in [0.4, 0.5) is 0 Å². The number of rotatable bonds is 6. The van der Waals surface area contributed by atoms with Crippen LogP contribution in [0, 0.1) is 0 Å². The third-order valence-corrected chi connectivity index (χ3v) is 1.01. The van der Waals surface area contributed by atoms with E-state index in [0.29, 0.717) is 6.29 Å². The van der Waals surface area contributed by atoms with Crippen molar-refractivity contribution in [3.63, 3.8) is 0 Å². The summed E-state index contributed by atoms with van der Waals surface area (Å²) in [5, 5.41) is 0. The Hall–Kier alpha value is -1.65. The van der Waals surface area contributed by atoms with Gasteiger partial charge in [0.1, 0.15) is 25.9 Å². The number of carbonyl (C=O) groups excluding carboxylic acids is 3. The maximum absolute atomic E-state index is 10.5. The quantitative estimate of drug-likeness (QED) is 0.190. The largest absolute Gasteiger partial charge is 0.462 e. The van der Waals surface area contributed by atoms with Crippen LogP contribution in [0.25, 0.3) is 0 Å². The Kier molecular flexibility index (Phi) is 6.13. The zero-order valence-electron chi connectivity index (χ0n) is 7.02. The van der Waals surface area contributed by atoms with E-state index in [-0.39, 0.29) is 19.6 Å². The Balaban J connectivity index is 3.35. The molecule has 5 nitrogen and oxygen atoms in total. The highest BCUT2D eigenvalue weighted by Crippen LogP contribution is 1.84. The number of ether oxygens (including phenoxy) is 2. The fourth-order valence-corrected chi connectivity index (χ4v) is 0.484. The first kappa shape index (κ1) is 11.4. The maximum atomic E-state index is 10.5. The van der Waals surface area contributed by atoms with Crippen molar-refractivity contribution in [3.05, 3.63) is 12.7 Å². The lowest BCUT2D eigenvalue weighted by Gasteiger charge is -2.02. The SMILES string of the molecule is C=CC(=O)OCCOC(=O)CC=O. The molecule has 72 valence electrons. The van der Waals surface area contributed by atoms with E-state index in [0.717, 1.165) is 6.08 Å². The molecule has 0 amide bonds. The van der Waals surface area contributed by atoms with Gasteiger partial charge in [-0.1, -0.05) is 6.58 Å². The van der Waals surface area contributed by atoms with Crippen LogP contribution in [-0.4, -0.2) is 31.4 Å². The van der Waals surface area contributed by atoms with E-state index >= 15 is 0 Å². The standard InChI is InChI=1S/C8H10O5/c1-2-7(10)12-5-6-13-8(11)3-4-9/h2,4H,1,3,5-6H2. The van der Waals surface area contributed by atoms with E-state index in [1.165, 1.54) is 0 Å². The van der Waals surface area contributed by atoms with E-state index in [4.69, 9.17) is 0 Å². The molecule has 0 spiro atoms. The Labute approximate surface area is 75.3 Å². The van der Waals surface area contributed by atoms with Crippen molar-refractivity contribution in [1.82, 2.24) is 0 Å². The van der Waals surface area contributed by atoms with Gasteiger partial charge in [-0.25, -0.2) is 4.79 Å². The molecule has 0 atom stereocenters. The Morgan fingerprint density at radius 1 is 1.23 bits per heavy atom. The minimum atomic E-state index is -0.635. The number of esters is 2. The van der Waals surface area contributed by atoms with Gasteiger partial charge in [0.25, 0.3) is 0 Å². The van der Waals surface area contributed by atoms with Crippen LogP contribution in [0.5, 0.6) is 0 Å². The van der Waals surface area contributed by atoms with Crippen LogP contribution in [0.1, 0.15) is 6.42 Å². The molecule has 5 heteroatoms. The van der Waals surface area contributed by atoms with Crippen molar-refractivity contribution >= 4 is 18.2 Å². The Bertz CT molecular complexity index is 209. The number of carbonyl (C=O) groups is 3. The van der Waals surface area contributed by atoms with E-state index in [1.807, 2.05) is 0 Å². The van der Waals surface area contributed by atoms with E-state index in [9.17, 15) is 14.4 Å². The lowest BCUT2D eigenvalue weighted by Crippen LogP contribution is -2.12. The summed E-state index contributed by atoms with van der Waals surface area (Å²) in [7, 11) is 0. The van der Waals surface area contributed by atoms with Gasteiger partial charge in [0.15, 0.2) is 0 Å². The van der Waals surface area contributed by atoms with Crippen molar-refractivity contribution in [2.24, 2.45) is 0 Å². The van der Waals surface area contributed by atoms with Crippen LogP contribution in [0.2, 0.25) is 0 Å². The van der Waals surface area contributed by atoms with Gasteiger partial charge in [-0.15, -0.1) is 0 Å². The minimum Gasteiger partial charge on any atom is -0.462 e. The van der Waals surface area contributed by atoms with E-state index in [1.54, 1.807) is 0 Å². The Morgan fingerprint density at radius 3 is 2.38 bits per heavy atom. The van der Waals surface area contributed by atoms with Gasteiger partial charge in [0.05, 0.1) is 0 Å². The summed E-state index contributed by atoms with van der Waals surface area (Å²) in [6.07, 6.45) is 1.17. The van der Waals surface area contributed by atoms with Crippen molar-refractivity contribution in [2.45, 2.75) is 6.42 Å². The monoisotopic (exact) mass is 186 g/mol. The third kappa shape index (κ3) is 6.74. The molecule has 0 aromatic carbocycles. The molecule has 0 aromatic heterocycles. The molecule has 0 aliphatic heterocycles. The molecule has 0 N–H and O–H groups in total. The molecule has 0 rings (SSSR count). The number of hydrogen-bond donors (Lipinski definition) is 0. The zero-order chi connectivity index (χ0) is 10.1. The molecule has 0 saturated heterocycles. The van der Waals surface area contributed by atoms with Gasteiger partial charge < -0.3 is 14.3 Å². The molecular formula is C8H10O5. The van der Waals surface area contributed by atoms with Gasteiger partial charge in [-0.2, -0.15) is 0 Å². The summed E-state index contributed by atoms with van der Waals surface area (Å²) in [5.74, 6) is -1.21. The lowest BCUT2D eigenvalue weighted by molar-refractivity contribution is -0.150. The molecule has 0 heterocycles. The highest BCUT2D eigenvalue weighted by molar-refractivity contribution is 5.83. The number of aldehydes is 1. The fourth-order valence-electron chi connectivity index (χ4n) is 0.484. The normalized spacial score (nSPS) is 8.62. The van der Waals surface area contributed by atoms with Gasteiger partial charge in [-0.05, 0) is 0 Å². The second kappa shape index (κ2) is 7.02. The maximum Gasteiger partial charge on any atom is 0.330 e. The number of hydrogen-bond acceptors (Lipinski definition) is 5. The van der Waals surface area contributed by atoms with Gasteiger partial charge in [-0.3, -0.25) is 4.79 Å². The summed E-state index contributed by atoms with van der Waals surface area (Å²) in [5.41, 5.74) is 0. The summed E-state index contributed by atoms with van der Waals surface area (Å²) >= 11 is 0. The zero-order valence-corrected chi connectivity index (χ0v) is 7.02. The molecule has 0 aliphatic carbocycles. The van der Waals surface area contributed by atoms with Crippen LogP contribution >= 0.6 is 0 Å². The summed E-state index contributed by atoms with van der Waals surface area (Å²) in [6, 6.07) is 0. The highest BCUT2D eigenvalue weighted by atomic mass is 16.6. The molecule has 0 aliphatic rings. The first-order valence-corrected chi connectivity index (χ1v) is 3.59. The van der Waals surface area contributed by atoms with Crippen molar-refractivity contribution in [3.8, 4) is 0 Å². The molecule has 0 bridgehead atoms. The first-order chi connectivity index (χ1) is 6.20. The Morgan fingerprint density at radius 2 is 1.85 bits per heavy atom. The van der Waals surface area contributed by atoms with E-state index in [2.05, 4.69) is 16.1 Å². The average molecular weight is 186 g/mol. The second-order valence-electron chi connectivity index (χ2n) is 1.96. The summed E-state index contributed by atoms with van der Waals surface area (Å²) in [4.78, 5) is 30.8. The summed E-state index contributed by atoms with van der Waals surface area (Å²) < 4.78 is 8.99. The van der Waals surface area contributed by atoms with Gasteiger partial charge in [0, 0.05) is 6.08 Å². The average Bonchev–Trinajstić information content (AvgIpc) is 2.12. The lowest BCUT2D eigenvalue weighted by atomic mass is 10.5. The molecule has 0 aromatic rings. The molecule has 0 unspecified atom stereocenters. The molecule has 0 fully saturated rings. The molecular weight excluding hydrogens is 176 g/mol. The van der Waals surface area contributed by atoms with Crippen LogP contribution in [0.3, 0.4) is 0 Å². The topological polar surface area (TPSA) is 69.7 Å². The van der Waals surface area contributed by atoms with Gasteiger partial charge in [0.2, 0.25) is 0 Å².